The van der Waals surface area contributed by atoms with E-state index < -0.39 is 5.97 Å². The second kappa shape index (κ2) is 8.65. The van der Waals surface area contributed by atoms with Crippen molar-refractivity contribution in [2.75, 3.05) is 12.1 Å². The number of furan rings is 1. The van der Waals surface area contributed by atoms with E-state index in [1.165, 1.54) is 12.1 Å². The number of nitrogens with zero attached hydrogens (tertiary/aromatic N) is 2. The zero-order valence-corrected chi connectivity index (χ0v) is 19.0. The van der Waals surface area contributed by atoms with E-state index in [0.29, 0.717) is 39.1 Å². The number of aryl methyl sites for hydroxylation is 1. The Morgan fingerprint density at radius 2 is 1.84 bits per heavy atom. The van der Waals surface area contributed by atoms with Gasteiger partial charge >= 0.3 is 5.97 Å². The van der Waals surface area contributed by atoms with Crippen molar-refractivity contribution < 1.29 is 18.7 Å². The van der Waals surface area contributed by atoms with E-state index in [4.69, 9.17) is 32.4 Å². The Morgan fingerprint density at radius 1 is 1.06 bits per heavy atom. The summed E-state index contributed by atoms with van der Waals surface area (Å²) in [5.74, 6) is 0.169. The number of hydrogen-bond acceptors (Lipinski definition) is 5. The predicted octanol–water partition coefficient (Wildman–Crippen LogP) is 6.15. The molecule has 0 aliphatic carbocycles. The van der Waals surface area contributed by atoms with Gasteiger partial charge in [-0.05, 0) is 68.0 Å². The highest BCUT2D eigenvalue weighted by Crippen LogP contribution is 2.31. The zero-order chi connectivity index (χ0) is 23.0. The van der Waals surface area contributed by atoms with Crippen molar-refractivity contribution in [3.8, 4) is 11.3 Å². The minimum absolute atomic E-state index is 0.240. The third kappa shape index (κ3) is 4.07. The fraction of sp³-hybridized carbons (Fsp3) is 0.125. The fourth-order valence-electron chi connectivity index (χ4n) is 3.25. The van der Waals surface area contributed by atoms with Crippen LogP contribution in [0, 0.1) is 6.92 Å². The maximum atomic E-state index is 13.0. The summed E-state index contributed by atoms with van der Waals surface area (Å²) in [7, 11) is 1.29. The van der Waals surface area contributed by atoms with E-state index >= 15 is 0 Å². The number of benzene rings is 2. The molecule has 4 rings (SSSR count). The number of amides is 1. The Bertz CT molecular complexity index is 1310. The normalized spacial score (nSPS) is 14.8. The van der Waals surface area contributed by atoms with E-state index in [1.54, 1.807) is 55.5 Å². The maximum absolute atomic E-state index is 13.0. The largest absolute Gasteiger partial charge is 0.465 e. The predicted molar refractivity (Wildman–Crippen MR) is 125 cm³/mol. The van der Waals surface area contributed by atoms with Crippen LogP contribution in [0.4, 0.5) is 5.69 Å². The smallest absolute Gasteiger partial charge is 0.339 e. The molecule has 0 spiro atoms. The molecule has 162 valence electrons. The van der Waals surface area contributed by atoms with E-state index in [9.17, 15) is 9.59 Å². The fourth-order valence-corrected chi connectivity index (χ4v) is 3.62. The van der Waals surface area contributed by atoms with Gasteiger partial charge in [0.1, 0.15) is 11.5 Å². The molecule has 0 atom stereocenters. The highest BCUT2D eigenvalue weighted by Gasteiger charge is 2.29. The second-order valence-electron chi connectivity index (χ2n) is 7.18. The molecule has 6 nitrogen and oxygen atoms in total. The number of esters is 1. The molecule has 1 aliphatic rings. The minimum atomic E-state index is -0.537. The topological polar surface area (TPSA) is 72.1 Å². The number of hydrazone groups is 1. The molecule has 0 unspecified atom stereocenters. The van der Waals surface area contributed by atoms with Crippen molar-refractivity contribution in [2.45, 2.75) is 13.8 Å². The van der Waals surface area contributed by atoms with Crippen LogP contribution in [0.2, 0.25) is 10.0 Å². The molecule has 3 aromatic rings. The monoisotopic (exact) mass is 468 g/mol. The second-order valence-corrected chi connectivity index (χ2v) is 8.00. The number of rotatable bonds is 4. The number of carbonyl (C=O) groups excluding carboxylic acids is 2. The molecule has 1 aromatic heterocycles. The molecular formula is C24H18Cl2N2O4. The van der Waals surface area contributed by atoms with Crippen LogP contribution in [-0.2, 0) is 9.53 Å². The zero-order valence-electron chi connectivity index (χ0n) is 17.5. The molecule has 2 aromatic carbocycles. The summed E-state index contributed by atoms with van der Waals surface area (Å²) in [4.78, 5) is 24.9. The number of hydrogen-bond donors (Lipinski definition) is 0. The highest BCUT2D eigenvalue weighted by atomic mass is 35.5. The summed E-state index contributed by atoms with van der Waals surface area (Å²) in [6.45, 7) is 3.65. The lowest BCUT2D eigenvalue weighted by molar-refractivity contribution is -0.114. The van der Waals surface area contributed by atoms with E-state index in [0.717, 1.165) is 5.56 Å². The maximum Gasteiger partial charge on any atom is 0.339 e. The summed E-state index contributed by atoms with van der Waals surface area (Å²) in [5, 5.41) is 6.53. The molecule has 2 heterocycles. The lowest BCUT2D eigenvalue weighted by Crippen LogP contribution is -2.21. The van der Waals surface area contributed by atoms with E-state index in [2.05, 4.69) is 5.10 Å². The van der Waals surface area contributed by atoms with Crippen molar-refractivity contribution >= 4 is 52.6 Å². The minimum Gasteiger partial charge on any atom is -0.465 e. The van der Waals surface area contributed by atoms with Gasteiger partial charge < -0.3 is 9.15 Å². The van der Waals surface area contributed by atoms with Crippen LogP contribution in [0.25, 0.3) is 17.4 Å². The first-order valence-electron chi connectivity index (χ1n) is 9.64. The molecule has 0 N–H and O–H groups in total. The van der Waals surface area contributed by atoms with Crippen LogP contribution >= 0.6 is 23.2 Å². The molecular weight excluding hydrogens is 451 g/mol. The van der Waals surface area contributed by atoms with Gasteiger partial charge in [-0.3, -0.25) is 4.79 Å². The average molecular weight is 469 g/mol. The quantitative estimate of drug-likeness (QED) is 0.339. The summed E-state index contributed by atoms with van der Waals surface area (Å²) in [5.41, 5.74) is 3.37. The van der Waals surface area contributed by atoms with Gasteiger partial charge in [-0.2, -0.15) is 10.1 Å². The van der Waals surface area contributed by atoms with Crippen LogP contribution in [0.5, 0.6) is 0 Å². The first kappa shape index (κ1) is 21.9. The van der Waals surface area contributed by atoms with Crippen LogP contribution in [0.15, 0.2) is 63.6 Å². The third-order valence-corrected chi connectivity index (χ3v) is 5.77. The van der Waals surface area contributed by atoms with Gasteiger partial charge in [-0.1, -0.05) is 29.3 Å². The summed E-state index contributed by atoms with van der Waals surface area (Å²) in [6, 6.07) is 13.8. The van der Waals surface area contributed by atoms with Crippen LogP contribution in [0.1, 0.15) is 28.6 Å². The summed E-state index contributed by atoms with van der Waals surface area (Å²) in [6.07, 6.45) is 1.64. The van der Waals surface area contributed by atoms with Gasteiger partial charge in [0.2, 0.25) is 0 Å². The number of halogens is 2. The lowest BCUT2D eigenvalue weighted by Gasteiger charge is -2.12. The van der Waals surface area contributed by atoms with E-state index in [1.807, 2.05) is 13.0 Å². The van der Waals surface area contributed by atoms with Gasteiger partial charge in [0.15, 0.2) is 0 Å². The summed E-state index contributed by atoms with van der Waals surface area (Å²) < 4.78 is 10.7. The molecule has 1 amide bonds. The number of methoxy groups -OCH3 is 1. The molecule has 0 saturated carbocycles. The Kier molecular flexibility index (Phi) is 5.91. The highest BCUT2D eigenvalue weighted by molar-refractivity contribution is 6.34. The molecule has 1 aliphatic heterocycles. The van der Waals surface area contributed by atoms with Crippen LogP contribution < -0.4 is 5.01 Å². The first-order chi connectivity index (χ1) is 15.3. The van der Waals surface area contributed by atoms with Gasteiger partial charge in [-0.25, -0.2) is 4.79 Å². The molecule has 32 heavy (non-hydrogen) atoms. The average Bonchev–Trinajstić information content (AvgIpc) is 3.36. The Labute approximate surface area is 194 Å². The van der Waals surface area contributed by atoms with Gasteiger partial charge in [0.25, 0.3) is 5.91 Å². The van der Waals surface area contributed by atoms with Gasteiger partial charge in [0, 0.05) is 10.6 Å². The third-order valence-electron chi connectivity index (χ3n) is 5.03. The molecule has 8 heteroatoms. The SMILES string of the molecule is COC(=O)c1cc(-c2ccc(/C=C3\C(=O)N(c4ccc(C)c(Cl)c4)N=C3C)o2)ccc1Cl. The van der Waals surface area contributed by atoms with Gasteiger partial charge in [-0.15, -0.1) is 0 Å². The number of ether oxygens (including phenoxy) is 1. The Hall–Kier alpha value is -3.35. The molecule has 0 saturated heterocycles. The summed E-state index contributed by atoms with van der Waals surface area (Å²) >= 11 is 12.3. The standard InChI is InChI=1S/C24H18Cl2N2O4/c1-13-4-6-16(11-21(13)26)28-23(29)18(14(2)27-28)12-17-7-9-22(32-17)15-5-8-20(25)19(10-15)24(30)31-3/h4-12H,1-3H3/b18-12-. The van der Waals surface area contributed by atoms with Gasteiger partial charge in [0.05, 0.1) is 34.7 Å². The van der Waals surface area contributed by atoms with Crippen molar-refractivity contribution in [2.24, 2.45) is 5.10 Å². The van der Waals surface area contributed by atoms with Crippen molar-refractivity contribution in [3.63, 3.8) is 0 Å². The Morgan fingerprint density at radius 3 is 2.56 bits per heavy atom. The van der Waals surface area contributed by atoms with Crippen molar-refractivity contribution in [1.29, 1.82) is 0 Å². The van der Waals surface area contributed by atoms with E-state index in [-0.39, 0.29) is 16.5 Å². The molecule has 0 bridgehead atoms. The number of anilines is 1. The Balaban J connectivity index is 1.62. The van der Waals surface area contributed by atoms with Crippen LogP contribution in [-0.4, -0.2) is 24.7 Å². The van der Waals surface area contributed by atoms with Crippen molar-refractivity contribution in [1.82, 2.24) is 0 Å². The number of carbonyl (C=O) groups is 2. The van der Waals surface area contributed by atoms with Crippen molar-refractivity contribution in [3.05, 3.63) is 81.0 Å². The first-order valence-corrected chi connectivity index (χ1v) is 10.4. The van der Waals surface area contributed by atoms with Crippen LogP contribution in [0.3, 0.4) is 0 Å². The lowest BCUT2D eigenvalue weighted by atomic mass is 10.1. The molecule has 0 radical (unpaired) electrons. The molecule has 0 fully saturated rings.